The molecule has 0 bridgehead atoms. The lowest BCUT2D eigenvalue weighted by Crippen LogP contribution is -2.40. The van der Waals surface area contributed by atoms with Crippen LogP contribution in [0, 0.1) is 0 Å². The van der Waals surface area contributed by atoms with E-state index in [-0.39, 0.29) is 5.91 Å². The lowest BCUT2D eigenvalue weighted by molar-refractivity contribution is 0.0731. The van der Waals surface area contributed by atoms with Crippen LogP contribution in [-0.4, -0.2) is 41.5 Å². The smallest absolute Gasteiger partial charge is 0.257 e. The van der Waals surface area contributed by atoms with Gasteiger partial charge in [-0.15, -0.1) is 0 Å². The molecule has 0 radical (unpaired) electrons. The first-order valence-corrected chi connectivity index (χ1v) is 8.33. The third kappa shape index (κ3) is 2.43. The average molecular weight is 373 g/mol. The number of carbonyl (C=O) groups excluding carboxylic acids is 1. The highest BCUT2D eigenvalue weighted by molar-refractivity contribution is 6.30. The number of benzene rings is 1. The van der Waals surface area contributed by atoms with Gasteiger partial charge in [-0.05, 0) is 18.2 Å². The maximum Gasteiger partial charge on any atom is 0.257 e. The molecule has 1 aliphatic rings. The Bertz CT molecular complexity index is 1020. The Morgan fingerprint density at radius 1 is 1.19 bits per heavy atom. The van der Waals surface area contributed by atoms with E-state index < -0.39 is 6.17 Å². The summed E-state index contributed by atoms with van der Waals surface area (Å²) >= 11 is 6.13. The van der Waals surface area contributed by atoms with E-state index >= 15 is 0 Å². The molecule has 7 nitrogen and oxygen atoms in total. The summed E-state index contributed by atoms with van der Waals surface area (Å²) in [6, 6.07) is 7.06. The second-order valence-corrected chi connectivity index (χ2v) is 6.41. The number of pyridine rings is 1. The number of amides is 1. The van der Waals surface area contributed by atoms with Gasteiger partial charge in [-0.2, -0.15) is 0 Å². The second-order valence-electron chi connectivity index (χ2n) is 5.97. The van der Waals surface area contributed by atoms with Crippen molar-refractivity contribution in [2.24, 2.45) is 0 Å². The van der Waals surface area contributed by atoms with Gasteiger partial charge < -0.3 is 19.7 Å². The van der Waals surface area contributed by atoms with E-state index in [2.05, 4.69) is 10.3 Å². The Labute approximate surface area is 155 Å². The third-order valence-electron chi connectivity index (χ3n) is 4.53. The predicted molar refractivity (Wildman–Crippen MR) is 98.2 cm³/mol. The maximum absolute atomic E-state index is 12.9. The second kappa shape index (κ2) is 6.10. The molecule has 1 N–H and O–H groups in total. The quantitative estimate of drug-likeness (QED) is 0.764. The Morgan fingerprint density at radius 2 is 1.92 bits per heavy atom. The summed E-state index contributed by atoms with van der Waals surface area (Å²) < 4.78 is 12.5. The van der Waals surface area contributed by atoms with Crippen molar-refractivity contribution in [1.29, 1.82) is 0 Å². The number of aromatic nitrogens is 2. The highest BCUT2D eigenvalue weighted by atomic mass is 35.5. The number of hydrogen-bond acceptors (Lipinski definition) is 5. The molecular formula is C18H17ClN4O3. The van der Waals surface area contributed by atoms with E-state index in [9.17, 15) is 4.79 Å². The number of methoxy groups -OCH3 is 2. The van der Waals surface area contributed by atoms with Gasteiger partial charge in [0, 0.05) is 19.3 Å². The molecule has 2 aromatic heterocycles. The molecule has 0 spiro atoms. The molecule has 1 amide bonds. The van der Waals surface area contributed by atoms with Crippen LogP contribution in [0.4, 0.5) is 5.69 Å². The molecule has 1 atom stereocenters. The van der Waals surface area contributed by atoms with Crippen LogP contribution < -0.4 is 14.8 Å². The number of imidazole rings is 1. The zero-order valence-electron chi connectivity index (χ0n) is 14.5. The van der Waals surface area contributed by atoms with Crippen LogP contribution in [0.3, 0.4) is 0 Å². The van der Waals surface area contributed by atoms with E-state index in [0.29, 0.717) is 27.8 Å². The lowest BCUT2D eigenvalue weighted by atomic mass is 10.1. The van der Waals surface area contributed by atoms with E-state index in [1.54, 1.807) is 56.8 Å². The monoisotopic (exact) mass is 372 g/mol. The van der Waals surface area contributed by atoms with Crippen molar-refractivity contribution in [3.8, 4) is 11.5 Å². The summed E-state index contributed by atoms with van der Waals surface area (Å²) in [5.41, 5.74) is 2.75. The van der Waals surface area contributed by atoms with Crippen molar-refractivity contribution < 1.29 is 14.3 Å². The molecule has 0 saturated heterocycles. The van der Waals surface area contributed by atoms with E-state index in [1.807, 2.05) is 10.5 Å². The van der Waals surface area contributed by atoms with Gasteiger partial charge >= 0.3 is 0 Å². The number of fused-ring (bicyclic) bond motifs is 2. The lowest BCUT2D eigenvalue weighted by Gasteiger charge is -2.35. The molecule has 4 rings (SSSR count). The average Bonchev–Trinajstić information content (AvgIpc) is 3.06. The van der Waals surface area contributed by atoms with Crippen molar-refractivity contribution in [1.82, 2.24) is 14.3 Å². The van der Waals surface area contributed by atoms with E-state index in [4.69, 9.17) is 21.1 Å². The topological polar surface area (TPSA) is 68.1 Å². The number of halogens is 1. The highest BCUT2D eigenvalue weighted by Gasteiger charge is 2.33. The van der Waals surface area contributed by atoms with Gasteiger partial charge in [-0.1, -0.05) is 11.6 Å². The van der Waals surface area contributed by atoms with Gasteiger partial charge in [-0.25, -0.2) is 4.98 Å². The molecule has 8 heteroatoms. The highest BCUT2D eigenvalue weighted by Crippen LogP contribution is 2.39. The largest absolute Gasteiger partial charge is 0.493 e. The summed E-state index contributed by atoms with van der Waals surface area (Å²) in [5, 5.41) is 3.97. The first-order chi connectivity index (χ1) is 12.5. The fourth-order valence-electron chi connectivity index (χ4n) is 3.17. The minimum Gasteiger partial charge on any atom is -0.493 e. The van der Waals surface area contributed by atoms with E-state index in [0.717, 1.165) is 11.3 Å². The minimum atomic E-state index is -0.401. The summed E-state index contributed by atoms with van der Waals surface area (Å²) in [6.45, 7) is 0. The molecule has 0 saturated carbocycles. The fraction of sp³-hybridized carbons (Fsp3) is 0.222. The number of nitrogens with zero attached hydrogens (tertiary/aromatic N) is 3. The Hall–Kier alpha value is -2.93. The number of rotatable bonds is 3. The fourth-order valence-corrected chi connectivity index (χ4v) is 3.34. The van der Waals surface area contributed by atoms with Crippen molar-refractivity contribution in [3.05, 3.63) is 52.9 Å². The Morgan fingerprint density at radius 3 is 2.65 bits per heavy atom. The van der Waals surface area contributed by atoms with Crippen LogP contribution in [-0.2, 0) is 0 Å². The van der Waals surface area contributed by atoms with Gasteiger partial charge in [0.25, 0.3) is 5.91 Å². The first kappa shape index (κ1) is 16.5. The molecular weight excluding hydrogens is 356 g/mol. The maximum atomic E-state index is 12.9. The molecule has 1 aromatic carbocycles. The standard InChI is InChI=1S/C18H17ClN4O3/c1-22-17(13-8-20-16-5-4-10(19)9-23(13)16)21-12-7-15(26-3)14(25-2)6-11(12)18(22)24/h4-9,17,21H,1-3H3/t17-/m0/s1. The normalized spacial score (nSPS) is 16.4. The molecule has 3 aromatic rings. The van der Waals surface area contributed by atoms with Crippen molar-refractivity contribution >= 4 is 28.8 Å². The summed E-state index contributed by atoms with van der Waals surface area (Å²) in [5.74, 6) is 0.938. The minimum absolute atomic E-state index is 0.123. The Balaban J connectivity index is 1.83. The zero-order valence-corrected chi connectivity index (χ0v) is 15.2. The zero-order chi connectivity index (χ0) is 18.4. The third-order valence-corrected chi connectivity index (χ3v) is 4.76. The summed E-state index contributed by atoms with van der Waals surface area (Å²) in [4.78, 5) is 18.9. The number of nitrogens with one attached hydrogen (secondary N) is 1. The molecule has 134 valence electrons. The number of anilines is 1. The summed E-state index contributed by atoms with van der Waals surface area (Å²) in [7, 11) is 4.84. The van der Waals surface area contributed by atoms with Gasteiger partial charge in [0.15, 0.2) is 11.5 Å². The molecule has 0 aliphatic carbocycles. The van der Waals surface area contributed by atoms with Crippen molar-refractivity contribution in [3.63, 3.8) is 0 Å². The van der Waals surface area contributed by atoms with Gasteiger partial charge in [0.1, 0.15) is 11.8 Å². The van der Waals surface area contributed by atoms with Gasteiger partial charge in [0.2, 0.25) is 0 Å². The van der Waals surface area contributed by atoms with Crippen molar-refractivity contribution in [2.75, 3.05) is 26.6 Å². The first-order valence-electron chi connectivity index (χ1n) is 7.95. The van der Waals surface area contributed by atoms with Crippen molar-refractivity contribution in [2.45, 2.75) is 6.17 Å². The molecule has 0 unspecified atom stereocenters. The number of ether oxygens (including phenoxy) is 2. The van der Waals surface area contributed by atoms with Crippen LogP contribution in [0.15, 0.2) is 36.7 Å². The van der Waals surface area contributed by atoms with E-state index in [1.165, 1.54) is 0 Å². The number of carbonyl (C=O) groups is 1. The van der Waals surface area contributed by atoms with Crippen LogP contribution in [0.5, 0.6) is 11.5 Å². The molecule has 3 heterocycles. The predicted octanol–water partition coefficient (Wildman–Crippen LogP) is 3.20. The van der Waals surface area contributed by atoms with Gasteiger partial charge in [-0.3, -0.25) is 9.20 Å². The molecule has 26 heavy (non-hydrogen) atoms. The van der Waals surface area contributed by atoms with Gasteiger partial charge in [0.05, 0.1) is 42.4 Å². The Kier molecular flexibility index (Phi) is 3.88. The number of hydrogen-bond donors (Lipinski definition) is 1. The van der Waals surface area contributed by atoms with Crippen LogP contribution in [0.25, 0.3) is 5.65 Å². The SMILES string of the molecule is COc1cc2c(cc1OC)C(=O)N(C)[C@@H](c1cnc3ccc(Cl)cn13)N2. The molecule has 1 aliphatic heterocycles. The molecule has 0 fully saturated rings. The summed E-state index contributed by atoms with van der Waals surface area (Å²) in [6.07, 6.45) is 3.11. The van der Waals surface area contributed by atoms with Crippen LogP contribution in [0.2, 0.25) is 5.02 Å². The van der Waals surface area contributed by atoms with Crippen LogP contribution in [0.1, 0.15) is 22.2 Å². The van der Waals surface area contributed by atoms with Crippen LogP contribution >= 0.6 is 11.6 Å².